The third-order valence-electron chi connectivity index (χ3n) is 3.04. The molecule has 0 spiro atoms. The van der Waals surface area contributed by atoms with Gasteiger partial charge in [0.2, 0.25) is 0 Å². The van der Waals surface area contributed by atoms with Crippen LogP contribution < -0.4 is 0 Å². The number of benzene rings is 1. The fourth-order valence-electron chi connectivity index (χ4n) is 2.18. The Balaban J connectivity index is 2.57. The van der Waals surface area contributed by atoms with Gasteiger partial charge >= 0.3 is 0 Å². The molecule has 1 atom stereocenters. The third-order valence-corrected chi connectivity index (χ3v) is 3.89. The van der Waals surface area contributed by atoms with Gasteiger partial charge in [0.05, 0.1) is 10.6 Å². The number of aryl methyl sites for hydroxylation is 1. The van der Waals surface area contributed by atoms with Gasteiger partial charge in [-0.3, -0.25) is 0 Å². The van der Waals surface area contributed by atoms with Crippen LogP contribution in [0, 0.1) is 0 Å². The number of halogens is 1. The van der Waals surface area contributed by atoms with Crippen molar-refractivity contribution in [3.05, 3.63) is 27.2 Å². The van der Waals surface area contributed by atoms with E-state index in [1.807, 2.05) is 6.07 Å². The SMILES string of the molecule is CC(O)c1cc2c(c(Br)c1O)CCCC2. The Bertz CT molecular complexity index is 386. The molecule has 2 rings (SSSR count). The third kappa shape index (κ3) is 1.91. The molecule has 2 nitrogen and oxygen atoms in total. The van der Waals surface area contributed by atoms with E-state index >= 15 is 0 Å². The number of phenolic OH excluding ortho intramolecular Hbond substituents is 1. The van der Waals surface area contributed by atoms with Crippen molar-refractivity contribution < 1.29 is 10.2 Å². The Morgan fingerprint density at radius 2 is 2.00 bits per heavy atom. The first-order chi connectivity index (χ1) is 7.11. The summed E-state index contributed by atoms with van der Waals surface area (Å²) in [4.78, 5) is 0. The number of hydrogen-bond donors (Lipinski definition) is 2. The first kappa shape index (κ1) is 11.0. The Hall–Kier alpha value is -0.540. The number of phenols is 1. The highest BCUT2D eigenvalue weighted by Gasteiger charge is 2.20. The summed E-state index contributed by atoms with van der Waals surface area (Å²) in [7, 11) is 0. The Kier molecular flexibility index (Phi) is 3.03. The topological polar surface area (TPSA) is 40.5 Å². The van der Waals surface area contributed by atoms with E-state index in [9.17, 15) is 10.2 Å². The minimum Gasteiger partial charge on any atom is -0.506 e. The fourth-order valence-corrected chi connectivity index (χ4v) is 2.86. The van der Waals surface area contributed by atoms with Crippen molar-refractivity contribution in [3.8, 4) is 5.75 Å². The summed E-state index contributed by atoms with van der Waals surface area (Å²) in [5.74, 6) is 0.200. The molecule has 3 heteroatoms. The van der Waals surface area contributed by atoms with Gasteiger partial charge in [-0.25, -0.2) is 0 Å². The molecule has 0 bridgehead atoms. The molecule has 1 aliphatic rings. The molecule has 1 aromatic carbocycles. The van der Waals surface area contributed by atoms with Crippen LogP contribution in [0.3, 0.4) is 0 Å². The lowest BCUT2D eigenvalue weighted by atomic mass is 9.89. The molecule has 0 heterocycles. The van der Waals surface area contributed by atoms with Crippen molar-refractivity contribution in [1.29, 1.82) is 0 Å². The molecule has 1 unspecified atom stereocenters. The second-order valence-electron chi connectivity index (χ2n) is 4.15. The van der Waals surface area contributed by atoms with E-state index < -0.39 is 6.10 Å². The summed E-state index contributed by atoms with van der Waals surface area (Å²) in [6.45, 7) is 1.68. The normalized spacial score (nSPS) is 17.3. The zero-order valence-corrected chi connectivity index (χ0v) is 10.3. The van der Waals surface area contributed by atoms with Crippen LogP contribution in [0.4, 0.5) is 0 Å². The summed E-state index contributed by atoms with van der Waals surface area (Å²) < 4.78 is 0.774. The highest BCUT2D eigenvalue weighted by atomic mass is 79.9. The highest BCUT2D eigenvalue weighted by Crippen LogP contribution is 2.39. The molecule has 0 radical (unpaired) electrons. The zero-order chi connectivity index (χ0) is 11.0. The number of hydrogen-bond acceptors (Lipinski definition) is 2. The average molecular weight is 271 g/mol. The first-order valence-corrected chi connectivity index (χ1v) is 6.11. The first-order valence-electron chi connectivity index (χ1n) is 5.32. The summed E-state index contributed by atoms with van der Waals surface area (Å²) in [5.41, 5.74) is 3.10. The molecule has 0 aliphatic heterocycles. The second-order valence-corrected chi connectivity index (χ2v) is 4.94. The molecule has 0 saturated carbocycles. The molecule has 15 heavy (non-hydrogen) atoms. The lowest BCUT2D eigenvalue weighted by molar-refractivity contribution is 0.194. The number of aromatic hydroxyl groups is 1. The van der Waals surface area contributed by atoms with Crippen molar-refractivity contribution in [3.63, 3.8) is 0 Å². The smallest absolute Gasteiger partial charge is 0.135 e. The van der Waals surface area contributed by atoms with Crippen LogP contribution in [0.25, 0.3) is 0 Å². The van der Waals surface area contributed by atoms with Crippen LogP contribution in [-0.2, 0) is 12.8 Å². The summed E-state index contributed by atoms with van der Waals surface area (Å²) in [6, 6.07) is 1.94. The molecular formula is C12H15BrO2. The number of rotatable bonds is 1. The molecule has 2 N–H and O–H groups in total. The van der Waals surface area contributed by atoms with Gasteiger partial charge in [0.25, 0.3) is 0 Å². The molecule has 1 aromatic rings. The van der Waals surface area contributed by atoms with Gasteiger partial charge in [0, 0.05) is 5.56 Å². The predicted molar refractivity (Wildman–Crippen MR) is 63.1 cm³/mol. The zero-order valence-electron chi connectivity index (χ0n) is 8.76. The summed E-state index contributed by atoms with van der Waals surface area (Å²) in [5, 5.41) is 19.5. The van der Waals surface area contributed by atoms with E-state index in [0.717, 1.165) is 17.3 Å². The van der Waals surface area contributed by atoms with Crippen molar-refractivity contribution in [2.24, 2.45) is 0 Å². The number of aliphatic hydroxyl groups excluding tert-OH is 1. The Labute approximate surface area is 98.1 Å². The molecule has 0 aromatic heterocycles. The van der Waals surface area contributed by atoms with E-state index in [0.29, 0.717) is 5.56 Å². The van der Waals surface area contributed by atoms with Crippen LogP contribution >= 0.6 is 15.9 Å². The van der Waals surface area contributed by atoms with Gasteiger partial charge in [-0.05, 0) is 65.7 Å². The van der Waals surface area contributed by atoms with E-state index in [1.54, 1.807) is 6.92 Å². The van der Waals surface area contributed by atoms with Crippen LogP contribution in [0.15, 0.2) is 10.5 Å². The maximum atomic E-state index is 9.92. The lowest BCUT2D eigenvalue weighted by Crippen LogP contribution is -2.06. The highest BCUT2D eigenvalue weighted by molar-refractivity contribution is 9.10. The number of aliphatic hydroxyl groups is 1. The molecule has 82 valence electrons. The van der Waals surface area contributed by atoms with Crippen LogP contribution in [-0.4, -0.2) is 10.2 Å². The number of fused-ring (bicyclic) bond motifs is 1. The fraction of sp³-hybridized carbons (Fsp3) is 0.500. The average Bonchev–Trinajstić information content (AvgIpc) is 2.23. The van der Waals surface area contributed by atoms with Crippen molar-refractivity contribution in [2.75, 3.05) is 0 Å². The van der Waals surface area contributed by atoms with Crippen LogP contribution in [0.1, 0.15) is 42.6 Å². The quantitative estimate of drug-likeness (QED) is 0.824. The standard InChI is InChI=1S/C12H15BrO2/c1-7(14)10-6-8-4-2-3-5-9(8)11(13)12(10)15/h6-7,14-15H,2-5H2,1H3. The lowest BCUT2D eigenvalue weighted by Gasteiger charge is -2.21. The van der Waals surface area contributed by atoms with E-state index in [4.69, 9.17) is 0 Å². The van der Waals surface area contributed by atoms with Gasteiger partial charge in [0.15, 0.2) is 0 Å². The van der Waals surface area contributed by atoms with Gasteiger partial charge in [-0.1, -0.05) is 0 Å². The van der Waals surface area contributed by atoms with Crippen LogP contribution in [0.5, 0.6) is 5.75 Å². The van der Waals surface area contributed by atoms with Crippen molar-refractivity contribution in [2.45, 2.75) is 38.7 Å². The largest absolute Gasteiger partial charge is 0.506 e. The van der Waals surface area contributed by atoms with E-state index in [2.05, 4.69) is 15.9 Å². The Morgan fingerprint density at radius 1 is 1.33 bits per heavy atom. The van der Waals surface area contributed by atoms with E-state index in [-0.39, 0.29) is 5.75 Å². The molecule has 0 amide bonds. The second kappa shape index (κ2) is 4.14. The maximum absolute atomic E-state index is 9.92. The molecule has 1 aliphatic carbocycles. The maximum Gasteiger partial charge on any atom is 0.135 e. The minimum atomic E-state index is -0.617. The predicted octanol–water partition coefficient (Wildman–Crippen LogP) is 3.09. The minimum absolute atomic E-state index is 0.200. The monoisotopic (exact) mass is 270 g/mol. The van der Waals surface area contributed by atoms with Gasteiger partial charge in [0.1, 0.15) is 5.75 Å². The van der Waals surface area contributed by atoms with E-state index in [1.165, 1.54) is 24.0 Å². The van der Waals surface area contributed by atoms with Gasteiger partial charge < -0.3 is 10.2 Å². The van der Waals surface area contributed by atoms with Gasteiger partial charge in [-0.15, -0.1) is 0 Å². The van der Waals surface area contributed by atoms with Crippen LogP contribution in [0.2, 0.25) is 0 Å². The van der Waals surface area contributed by atoms with Crippen molar-refractivity contribution >= 4 is 15.9 Å². The van der Waals surface area contributed by atoms with Gasteiger partial charge in [-0.2, -0.15) is 0 Å². The summed E-state index contributed by atoms with van der Waals surface area (Å²) in [6.07, 6.45) is 3.83. The van der Waals surface area contributed by atoms with Crippen molar-refractivity contribution in [1.82, 2.24) is 0 Å². The molecule has 0 fully saturated rings. The molecular weight excluding hydrogens is 256 g/mol. The molecule has 0 saturated heterocycles. The Morgan fingerprint density at radius 3 is 2.67 bits per heavy atom. The summed E-state index contributed by atoms with van der Waals surface area (Å²) >= 11 is 3.42.